The monoisotopic (exact) mass is 1650 g/mol. The van der Waals surface area contributed by atoms with E-state index in [1.54, 1.807) is 46.4 Å². The SMILES string of the molecule is C.CC(C)C[C@H](NC(=O)[C@@H]([NH3+])C(C)C)C(=O)N1CCC[C@H]1C(=O)OCc1ccccc1.CC[C@H](C)[C@@H](NC(=O)OC(C)(C)C)[C@H](CC(=O)N[C@H](C(=O)N[C@@H](CC(C)C)C(=O)N1CCC[C@H]1C(=O)OCc1ccccc1)C(C)C)O[Si](C)(C)C(C)(C)C.CC[C@H](C)[C@@H](NC(=O)OC(C)(C)C)[C@H](CC(=O)O)O[Si](C)(C)C(C)(C)C.[Cl-]. The van der Waals surface area contributed by atoms with Crippen LogP contribution in [0.25, 0.3) is 0 Å². The highest BCUT2D eigenvalue weighted by Gasteiger charge is 2.47. The maximum Gasteiger partial charge on any atom is 0.407 e. The first-order chi connectivity index (χ1) is 51.1. The summed E-state index contributed by atoms with van der Waals surface area (Å²) < 4.78 is 35.4. The minimum Gasteiger partial charge on any atom is -1.00 e. The molecule has 648 valence electrons. The summed E-state index contributed by atoms with van der Waals surface area (Å²) in [6.45, 7) is 56.5. The van der Waals surface area contributed by atoms with E-state index in [1.165, 1.54) is 4.90 Å². The Bertz CT molecular complexity index is 3260. The number of nitrogens with zero attached hydrogens (tertiary/aromatic N) is 2. The first-order valence-electron chi connectivity index (χ1n) is 40.4. The lowest BCUT2D eigenvalue weighted by Crippen LogP contribution is -3.00. The highest BCUT2D eigenvalue weighted by atomic mass is 35.5. The van der Waals surface area contributed by atoms with Crippen molar-refractivity contribution < 1.29 is 99.0 Å². The van der Waals surface area contributed by atoms with Gasteiger partial charge in [0.2, 0.25) is 23.6 Å². The average molecular weight is 1650 g/mol. The fourth-order valence-electron chi connectivity index (χ4n) is 12.1. The predicted octanol–water partition coefficient (Wildman–Crippen LogP) is 11.1. The Labute approximate surface area is 687 Å². The summed E-state index contributed by atoms with van der Waals surface area (Å²) in [5.41, 5.74) is 4.33. The fourth-order valence-corrected chi connectivity index (χ4v) is 14.8. The normalized spacial score (nSPS) is 17.4. The number of benzene rings is 2. The molecule has 28 heteroatoms. The van der Waals surface area contributed by atoms with Crippen molar-refractivity contribution in [1.29, 1.82) is 0 Å². The highest BCUT2D eigenvalue weighted by Crippen LogP contribution is 2.40. The Morgan fingerprint density at radius 2 is 0.858 bits per heavy atom. The average Bonchev–Trinajstić information content (AvgIpc) is 1.81. The zero-order valence-corrected chi connectivity index (χ0v) is 76.1. The molecule has 0 saturated carbocycles. The van der Waals surface area contributed by atoms with Crippen molar-refractivity contribution in [2.75, 3.05) is 13.1 Å². The lowest BCUT2D eigenvalue weighted by atomic mass is 9.92. The van der Waals surface area contributed by atoms with Crippen LogP contribution in [0.1, 0.15) is 249 Å². The predicted molar refractivity (Wildman–Crippen MR) is 446 cm³/mol. The number of carbonyl (C=O) groups excluding carboxylic acids is 9. The first kappa shape index (κ1) is 106. The quantitative estimate of drug-likeness (QED) is 0.0191. The minimum absolute atomic E-state index is 0. The standard InChI is InChI=1S/C42H72N4O8Si.C23H35N3O4.C19H39NO5Si.CH4.ClH/c1-15-29(6)36(45-40(51)53-41(7,8)9)33(54-55(13,14)42(10,11)12)25-34(47)44-35(28(4)5)37(48)43-31(24-27(2)3)38(49)46-23-19-22-32(46)39(50)52-26-30-20-17-16-18-21-30;1-15(2)13-18(25-21(27)20(24)16(3)4)22(28)26-12-8-11-19(26)23(29)30-14-17-9-6-5-7-10-17;1-11-13(2)16(20-17(23)24-18(3,4)5)14(12-15(21)22)25-26(9,10)19(6,7)8;;/h16-18,20-21,27-29,31-33,35-36H,15,19,22-26H2,1-14H3,(H,43,48)(H,44,47)(H,45,51);5-7,9-10,15-16,18-20H,8,11-14,24H2,1-4H3,(H,25,27);13-14,16H,11-12H2,1-10H3,(H,20,23)(H,21,22);1H4;1H/t29-,31-,32-,33-,35-,36+;18-,19-,20-;13-,14-,16+;;/m000../s1. The van der Waals surface area contributed by atoms with Crippen molar-refractivity contribution in [2.24, 2.45) is 35.5 Å². The van der Waals surface area contributed by atoms with Crippen LogP contribution in [0.4, 0.5) is 9.59 Å². The Hall–Kier alpha value is -6.66. The van der Waals surface area contributed by atoms with Crippen LogP contribution in [0, 0.1) is 35.5 Å². The topological polar surface area (TPSA) is 341 Å². The van der Waals surface area contributed by atoms with Gasteiger partial charge in [-0.15, -0.1) is 0 Å². The molecule has 0 bridgehead atoms. The first-order valence-corrected chi connectivity index (χ1v) is 46.2. The van der Waals surface area contributed by atoms with Gasteiger partial charge in [-0.1, -0.05) is 206 Å². The number of quaternary nitrogens is 1. The molecule has 0 aliphatic carbocycles. The lowest BCUT2D eigenvalue weighted by Gasteiger charge is -2.42. The molecular weight excluding hydrogens is 1500 g/mol. The van der Waals surface area contributed by atoms with E-state index in [2.05, 4.69) is 100 Å². The molecule has 4 rings (SSSR count). The molecule has 2 aliphatic rings. The summed E-state index contributed by atoms with van der Waals surface area (Å²) in [5.74, 6) is -3.48. The molecule has 2 heterocycles. The van der Waals surface area contributed by atoms with E-state index in [0.29, 0.717) is 51.6 Å². The van der Waals surface area contributed by atoms with Gasteiger partial charge in [-0.3, -0.25) is 28.8 Å². The third-order valence-electron chi connectivity index (χ3n) is 21.1. The molecule has 7 amide bonds. The third-order valence-corrected chi connectivity index (χ3v) is 30.1. The van der Waals surface area contributed by atoms with Crippen molar-refractivity contribution >= 4 is 76.3 Å². The van der Waals surface area contributed by atoms with Crippen LogP contribution in [-0.4, -0.2) is 176 Å². The number of ether oxygens (including phenoxy) is 4. The Kier molecular flexibility index (Phi) is 45.3. The zero-order chi connectivity index (χ0) is 85.1. The highest BCUT2D eigenvalue weighted by molar-refractivity contribution is 6.74. The second kappa shape index (κ2) is 48.1. The number of hydrogen-bond acceptors (Lipinski definition) is 16. The van der Waals surface area contributed by atoms with Crippen molar-refractivity contribution in [2.45, 2.75) is 359 Å². The zero-order valence-electron chi connectivity index (χ0n) is 73.4. The van der Waals surface area contributed by atoms with E-state index < -0.39 is 130 Å². The van der Waals surface area contributed by atoms with E-state index in [1.807, 2.05) is 144 Å². The van der Waals surface area contributed by atoms with E-state index in [9.17, 15) is 53.1 Å². The van der Waals surface area contributed by atoms with Gasteiger partial charge in [0.15, 0.2) is 22.7 Å². The minimum atomic E-state index is -2.46. The van der Waals surface area contributed by atoms with E-state index in [4.69, 9.17) is 27.8 Å². The van der Waals surface area contributed by atoms with Gasteiger partial charge in [-0.05, 0) is 157 Å². The van der Waals surface area contributed by atoms with Crippen LogP contribution < -0.4 is 44.7 Å². The molecule has 0 aromatic heterocycles. The van der Waals surface area contributed by atoms with E-state index in [0.717, 1.165) is 24.0 Å². The molecule has 0 unspecified atom stereocenters. The number of hydrogen-bond donors (Lipinski definition) is 7. The Morgan fingerprint density at radius 1 is 0.513 bits per heavy atom. The van der Waals surface area contributed by atoms with Gasteiger partial charge in [-0.25, -0.2) is 19.2 Å². The third kappa shape index (κ3) is 37.4. The molecule has 2 aliphatic heterocycles. The van der Waals surface area contributed by atoms with Crippen LogP contribution in [-0.2, 0) is 79.4 Å². The Morgan fingerprint density at radius 3 is 1.16 bits per heavy atom. The summed E-state index contributed by atoms with van der Waals surface area (Å²) in [7, 11) is -4.67. The molecule has 25 nitrogen and oxygen atoms in total. The molecule has 0 spiro atoms. The number of carboxylic acids is 1. The van der Waals surface area contributed by atoms with Crippen molar-refractivity contribution in [3.8, 4) is 0 Å². The molecule has 2 fully saturated rings. The molecular formula is C85H151ClN8O17Si2. The molecule has 9 N–H and O–H groups in total. The van der Waals surface area contributed by atoms with E-state index >= 15 is 0 Å². The van der Waals surface area contributed by atoms with Gasteiger partial charge >= 0.3 is 30.1 Å². The number of alkyl carbamates (subject to hydrolysis) is 2. The van der Waals surface area contributed by atoms with Crippen LogP contribution in [0.2, 0.25) is 36.3 Å². The number of rotatable bonds is 35. The largest absolute Gasteiger partial charge is 1.00 e. The fraction of sp³-hybridized carbons (Fsp3) is 0.741. The van der Waals surface area contributed by atoms with Gasteiger partial charge in [0.05, 0.1) is 37.1 Å². The van der Waals surface area contributed by atoms with Crippen LogP contribution in [0.15, 0.2) is 60.7 Å². The molecule has 2 aromatic carbocycles. The number of amides is 7. The second-order valence-corrected chi connectivity index (χ2v) is 46.4. The van der Waals surface area contributed by atoms with Crippen molar-refractivity contribution in [1.82, 2.24) is 36.4 Å². The van der Waals surface area contributed by atoms with Crippen LogP contribution in [0.3, 0.4) is 0 Å². The second-order valence-electron chi connectivity index (χ2n) is 36.8. The summed E-state index contributed by atoms with van der Waals surface area (Å²) in [6.07, 6.45) is 2.09. The van der Waals surface area contributed by atoms with Gasteiger partial charge in [0, 0.05) is 19.0 Å². The molecule has 12 atom stereocenters. The summed E-state index contributed by atoms with van der Waals surface area (Å²) >= 11 is 0. The number of nitrogens with one attached hydrogen (secondary N) is 5. The number of esters is 2. The van der Waals surface area contributed by atoms with Crippen LogP contribution in [0.5, 0.6) is 0 Å². The Balaban J connectivity index is 0.00000182. The van der Waals surface area contributed by atoms with Gasteiger partial charge in [0.25, 0.3) is 5.91 Å². The van der Waals surface area contributed by atoms with Crippen molar-refractivity contribution in [3.05, 3.63) is 71.8 Å². The van der Waals surface area contributed by atoms with Gasteiger partial charge < -0.3 is 87.4 Å². The van der Waals surface area contributed by atoms with Gasteiger partial charge in [0.1, 0.15) is 54.6 Å². The summed E-state index contributed by atoms with van der Waals surface area (Å²) in [6, 6.07) is 13.5. The van der Waals surface area contributed by atoms with Gasteiger partial charge in [-0.2, -0.15) is 0 Å². The number of likely N-dealkylation sites (tertiary alicyclic amines) is 2. The lowest BCUT2D eigenvalue weighted by molar-refractivity contribution is -0.414. The number of halogens is 1. The summed E-state index contributed by atoms with van der Waals surface area (Å²) in [4.78, 5) is 134. The van der Waals surface area contributed by atoms with Crippen molar-refractivity contribution in [3.63, 3.8) is 0 Å². The van der Waals surface area contributed by atoms with Crippen LogP contribution >= 0.6 is 0 Å². The number of aliphatic carboxylic acids is 1. The number of carbonyl (C=O) groups is 10. The molecule has 2 aromatic rings. The smallest absolute Gasteiger partial charge is 0.407 e. The number of carboxylic acid groups (broad SMARTS) is 1. The molecule has 0 radical (unpaired) electrons. The van der Waals surface area contributed by atoms with E-state index in [-0.39, 0.29) is 109 Å². The maximum absolute atomic E-state index is 14.1. The summed E-state index contributed by atoms with van der Waals surface area (Å²) in [5, 5.41) is 23.8. The maximum atomic E-state index is 14.1. The molecule has 113 heavy (non-hydrogen) atoms. The molecule has 2 saturated heterocycles.